The number of rotatable bonds is 5. The van der Waals surface area contributed by atoms with Crippen LogP contribution in [-0.2, 0) is 5.54 Å². The van der Waals surface area contributed by atoms with Crippen LogP contribution in [0.1, 0.15) is 26.3 Å². The average molecular weight is 303 g/mol. The van der Waals surface area contributed by atoms with Crippen molar-refractivity contribution in [3.63, 3.8) is 0 Å². The number of aromatic nitrogens is 4. The van der Waals surface area contributed by atoms with Crippen LogP contribution in [0.2, 0.25) is 0 Å². The highest BCUT2D eigenvalue weighted by Gasteiger charge is 2.19. The summed E-state index contributed by atoms with van der Waals surface area (Å²) < 4.78 is 7.42. The van der Waals surface area contributed by atoms with E-state index in [2.05, 4.69) is 42.4 Å². The molecule has 0 spiro atoms. The lowest BCUT2D eigenvalue weighted by Crippen LogP contribution is -2.24. The van der Waals surface area contributed by atoms with Crippen LogP contribution in [-0.4, -0.2) is 32.6 Å². The molecule has 0 aliphatic heterocycles. The van der Waals surface area contributed by atoms with Crippen molar-refractivity contribution in [2.24, 2.45) is 0 Å². The Bertz CT molecular complexity index is 641. The molecule has 0 bridgehead atoms. The van der Waals surface area contributed by atoms with E-state index in [1.807, 2.05) is 6.07 Å². The van der Waals surface area contributed by atoms with E-state index in [1.54, 1.807) is 34.6 Å². The lowest BCUT2D eigenvalue weighted by Gasteiger charge is -2.19. The third-order valence-corrected chi connectivity index (χ3v) is 3.51. The maximum atomic E-state index is 8.83. The zero-order chi connectivity index (χ0) is 15.3. The maximum Gasteiger partial charge on any atom is 0.209 e. The molecule has 0 amide bonds. The van der Waals surface area contributed by atoms with Crippen LogP contribution in [0.3, 0.4) is 0 Å². The molecule has 1 heterocycles. The van der Waals surface area contributed by atoms with E-state index in [4.69, 9.17) is 10.00 Å². The van der Waals surface area contributed by atoms with Crippen molar-refractivity contribution in [2.45, 2.75) is 31.5 Å². The summed E-state index contributed by atoms with van der Waals surface area (Å²) in [5.41, 5.74) is 0.449. The third kappa shape index (κ3) is 4.20. The molecule has 1 aromatic carbocycles. The summed E-state index contributed by atoms with van der Waals surface area (Å²) in [6.45, 7) is 6.68. The largest absolute Gasteiger partial charge is 0.493 e. The van der Waals surface area contributed by atoms with E-state index in [1.165, 1.54) is 0 Å². The Morgan fingerprint density at radius 3 is 2.90 bits per heavy atom. The van der Waals surface area contributed by atoms with E-state index in [0.717, 1.165) is 10.9 Å². The molecule has 0 saturated heterocycles. The van der Waals surface area contributed by atoms with Gasteiger partial charge in [-0.3, -0.25) is 0 Å². The first-order valence-corrected chi connectivity index (χ1v) is 7.54. The van der Waals surface area contributed by atoms with Crippen molar-refractivity contribution in [1.82, 2.24) is 20.2 Å². The van der Waals surface area contributed by atoms with Crippen molar-refractivity contribution in [3.8, 4) is 11.8 Å². The van der Waals surface area contributed by atoms with Gasteiger partial charge in [0.05, 0.1) is 23.8 Å². The normalized spacial score (nSPS) is 11.1. The minimum Gasteiger partial charge on any atom is -0.493 e. The second-order valence-electron chi connectivity index (χ2n) is 5.38. The number of ether oxygens (including phenoxy) is 1. The molecule has 21 heavy (non-hydrogen) atoms. The summed E-state index contributed by atoms with van der Waals surface area (Å²) in [6, 6.07) is 9.21. The molecule has 2 aromatic rings. The number of hydrogen-bond acceptors (Lipinski definition) is 6. The van der Waals surface area contributed by atoms with Crippen LogP contribution in [0.5, 0.6) is 5.75 Å². The first-order valence-electron chi connectivity index (χ1n) is 6.55. The summed E-state index contributed by atoms with van der Waals surface area (Å²) in [5, 5.41) is 21.3. The summed E-state index contributed by atoms with van der Waals surface area (Å²) in [5.74, 6) is 1.43. The number of hydrogen-bond donors (Lipinski definition) is 0. The zero-order valence-electron chi connectivity index (χ0n) is 12.3. The minimum absolute atomic E-state index is 0.145. The van der Waals surface area contributed by atoms with Crippen LogP contribution in [0.4, 0.5) is 0 Å². The van der Waals surface area contributed by atoms with Crippen molar-refractivity contribution in [2.75, 3.05) is 12.4 Å². The molecule has 0 atom stereocenters. The lowest BCUT2D eigenvalue weighted by molar-refractivity contribution is 0.320. The topological polar surface area (TPSA) is 76.6 Å². The Morgan fingerprint density at radius 1 is 1.38 bits per heavy atom. The fourth-order valence-electron chi connectivity index (χ4n) is 1.64. The summed E-state index contributed by atoms with van der Waals surface area (Å²) >= 11 is 1.55. The Balaban J connectivity index is 1.85. The van der Waals surface area contributed by atoms with E-state index >= 15 is 0 Å². The van der Waals surface area contributed by atoms with Crippen LogP contribution >= 0.6 is 11.8 Å². The molecule has 0 unspecified atom stereocenters. The SMILES string of the molecule is CC(C)(C)n1nnnc1SCCOc1cccc(C#N)c1. The summed E-state index contributed by atoms with van der Waals surface area (Å²) in [7, 11) is 0. The van der Waals surface area contributed by atoms with Crippen LogP contribution in [0, 0.1) is 11.3 Å². The second-order valence-corrected chi connectivity index (χ2v) is 6.44. The predicted molar refractivity (Wildman–Crippen MR) is 80.2 cm³/mol. The summed E-state index contributed by atoms with van der Waals surface area (Å²) in [4.78, 5) is 0. The molecule has 0 aliphatic rings. The zero-order valence-corrected chi connectivity index (χ0v) is 13.1. The maximum absolute atomic E-state index is 8.83. The Morgan fingerprint density at radius 2 is 2.19 bits per heavy atom. The molecular formula is C14H17N5OS. The fraction of sp³-hybridized carbons (Fsp3) is 0.429. The van der Waals surface area contributed by atoms with Gasteiger partial charge in [0, 0.05) is 5.75 Å². The minimum atomic E-state index is -0.145. The van der Waals surface area contributed by atoms with Gasteiger partial charge in [-0.05, 0) is 49.4 Å². The van der Waals surface area contributed by atoms with Gasteiger partial charge in [-0.15, -0.1) is 5.10 Å². The molecule has 0 aliphatic carbocycles. The van der Waals surface area contributed by atoms with Gasteiger partial charge in [0.25, 0.3) is 0 Å². The van der Waals surface area contributed by atoms with Crippen LogP contribution < -0.4 is 4.74 Å². The van der Waals surface area contributed by atoms with Gasteiger partial charge in [-0.25, -0.2) is 4.68 Å². The van der Waals surface area contributed by atoms with Crippen molar-refractivity contribution in [1.29, 1.82) is 5.26 Å². The Hall–Kier alpha value is -2.07. The fourth-order valence-corrected chi connectivity index (χ4v) is 2.51. The monoisotopic (exact) mass is 303 g/mol. The van der Waals surface area contributed by atoms with Gasteiger partial charge >= 0.3 is 0 Å². The smallest absolute Gasteiger partial charge is 0.209 e. The molecular weight excluding hydrogens is 286 g/mol. The van der Waals surface area contributed by atoms with Crippen molar-refractivity contribution in [3.05, 3.63) is 29.8 Å². The van der Waals surface area contributed by atoms with E-state index in [0.29, 0.717) is 17.9 Å². The van der Waals surface area contributed by atoms with E-state index in [-0.39, 0.29) is 5.54 Å². The number of nitriles is 1. The van der Waals surface area contributed by atoms with Crippen LogP contribution in [0.25, 0.3) is 0 Å². The molecule has 0 saturated carbocycles. The molecule has 0 radical (unpaired) electrons. The van der Waals surface area contributed by atoms with Gasteiger partial charge in [-0.2, -0.15) is 5.26 Å². The molecule has 110 valence electrons. The van der Waals surface area contributed by atoms with Crippen molar-refractivity contribution >= 4 is 11.8 Å². The lowest BCUT2D eigenvalue weighted by atomic mass is 10.1. The molecule has 2 rings (SSSR count). The number of tetrazole rings is 1. The number of thioether (sulfide) groups is 1. The van der Waals surface area contributed by atoms with Gasteiger partial charge in [0.2, 0.25) is 5.16 Å². The molecule has 0 N–H and O–H groups in total. The van der Waals surface area contributed by atoms with E-state index < -0.39 is 0 Å². The Labute approximate surface area is 128 Å². The molecule has 6 nitrogen and oxygen atoms in total. The molecule has 0 fully saturated rings. The highest BCUT2D eigenvalue weighted by molar-refractivity contribution is 7.99. The number of nitrogens with zero attached hydrogens (tertiary/aromatic N) is 5. The highest BCUT2D eigenvalue weighted by Crippen LogP contribution is 2.21. The molecule has 1 aromatic heterocycles. The first-order chi connectivity index (χ1) is 10.0. The van der Waals surface area contributed by atoms with Gasteiger partial charge in [0.15, 0.2) is 0 Å². The second kappa shape index (κ2) is 6.59. The third-order valence-electron chi connectivity index (χ3n) is 2.62. The van der Waals surface area contributed by atoms with Gasteiger partial charge in [0.1, 0.15) is 5.75 Å². The van der Waals surface area contributed by atoms with Crippen molar-refractivity contribution < 1.29 is 4.74 Å². The first kappa shape index (κ1) is 15.3. The molecule has 7 heteroatoms. The Kier molecular flexibility index (Phi) is 4.81. The number of benzene rings is 1. The van der Waals surface area contributed by atoms with Gasteiger partial charge in [-0.1, -0.05) is 17.8 Å². The highest BCUT2D eigenvalue weighted by atomic mass is 32.2. The van der Waals surface area contributed by atoms with Crippen LogP contribution in [0.15, 0.2) is 29.4 Å². The predicted octanol–water partition coefficient (Wildman–Crippen LogP) is 2.47. The van der Waals surface area contributed by atoms with Gasteiger partial charge < -0.3 is 4.74 Å². The standard InChI is InChI=1S/C14H17N5OS/c1-14(2,3)19-13(16-17-18-19)21-8-7-20-12-6-4-5-11(9-12)10-15/h4-6,9H,7-8H2,1-3H3. The van der Waals surface area contributed by atoms with E-state index in [9.17, 15) is 0 Å². The average Bonchev–Trinajstić information content (AvgIpc) is 2.92. The summed E-state index contributed by atoms with van der Waals surface area (Å²) in [6.07, 6.45) is 0. The quantitative estimate of drug-likeness (QED) is 0.624.